The molecule has 0 atom stereocenters. The molecule has 0 bridgehead atoms. The summed E-state index contributed by atoms with van der Waals surface area (Å²) in [5.74, 6) is -0.728. The number of carbonyl (C=O) groups is 1. The number of nitrogens with two attached hydrogens (primary N) is 1. The summed E-state index contributed by atoms with van der Waals surface area (Å²) in [6.07, 6.45) is -2.01. The number of nitrogens with zero attached hydrogens (tertiary/aromatic N) is 5. The molecule has 2 aromatic carbocycles. The van der Waals surface area contributed by atoms with Gasteiger partial charge in [0.1, 0.15) is 5.69 Å². The summed E-state index contributed by atoms with van der Waals surface area (Å²) in [6, 6.07) is 13.7. The second kappa shape index (κ2) is 9.77. The Morgan fingerprint density at radius 2 is 1.69 bits per heavy atom. The van der Waals surface area contributed by atoms with E-state index in [0.717, 1.165) is 28.2 Å². The molecule has 1 aliphatic rings. The molecule has 5 rings (SSSR count). The predicted molar refractivity (Wildman–Crippen MR) is 133 cm³/mol. The molecule has 7 nitrogen and oxygen atoms in total. The van der Waals surface area contributed by atoms with Gasteiger partial charge in [-0.15, -0.1) is 22.6 Å². The standard InChI is InChI=1S/C25H23F3N6O.ClH/c1-33-20(9-12-30-33)22-17-5-2-3-6-18(17)24(32-31-22)34-13-10-15(11-14-34)16-7-4-8-19(23(29)35)21(16)25(26,27)28;/h2-9,12,15H,10-11,13-14H2,1H3,(H2,29,35);1H. The van der Waals surface area contributed by atoms with Crippen molar-refractivity contribution in [3.63, 3.8) is 0 Å². The number of benzene rings is 2. The minimum atomic E-state index is -4.67. The molecule has 11 heteroatoms. The van der Waals surface area contributed by atoms with Crippen molar-refractivity contribution in [3.05, 3.63) is 71.4 Å². The maximum Gasteiger partial charge on any atom is 0.417 e. The number of halogens is 4. The Morgan fingerprint density at radius 3 is 2.31 bits per heavy atom. The van der Waals surface area contributed by atoms with Crippen molar-refractivity contribution in [1.29, 1.82) is 0 Å². The van der Waals surface area contributed by atoms with Gasteiger partial charge in [-0.05, 0) is 36.5 Å². The highest BCUT2D eigenvalue weighted by molar-refractivity contribution is 5.99. The predicted octanol–water partition coefficient (Wildman–Crippen LogP) is 4.95. The zero-order valence-electron chi connectivity index (χ0n) is 19.4. The third kappa shape index (κ3) is 4.48. The van der Waals surface area contributed by atoms with Crippen molar-refractivity contribution in [2.24, 2.45) is 12.8 Å². The molecule has 188 valence electrons. The summed E-state index contributed by atoms with van der Waals surface area (Å²) in [7, 11) is 1.84. The van der Waals surface area contributed by atoms with Crippen molar-refractivity contribution in [2.75, 3.05) is 18.0 Å². The number of hydrogen-bond acceptors (Lipinski definition) is 5. The number of hydrogen-bond donors (Lipinski definition) is 1. The summed E-state index contributed by atoms with van der Waals surface area (Å²) in [5.41, 5.74) is 5.53. The monoisotopic (exact) mass is 516 g/mol. The van der Waals surface area contributed by atoms with Crippen molar-refractivity contribution < 1.29 is 18.0 Å². The van der Waals surface area contributed by atoms with Gasteiger partial charge in [0.2, 0.25) is 5.91 Å². The van der Waals surface area contributed by atoms with Crippen LogP contribution in [0, 0.1) is 0 Å². The molecule has 1 saturated heterocycles. The van der Waals surface area contributed by atoms with Gasteiger partial charge < -0.3 is 10.6 Å². The largest absolute Gasteiger partial charge is 0.417 e. The molecule has 36 heavy (non-hydrogen) atoms. The number of primary amides is 1. The van der Waals surface area contributed by atoms with Crippen LogP contribution in [0.3, 0.4) is 0 Å². The number of piperidine rings is 1. The SMILES string of the molecule is Cl.Cn1nccc1-c1nnc(N2CCC(c3cccc(C(N)=O)c3C(F)(F)F)CC2)c2ccccc12. The zero-order valence-corrected chi connectivity index (χ0v) is 20.2. The van der Waals surface area contributed by atoms with Crippen molar-refractivity contribution in [2.45, 2.75) is 24.9 Å². The van der Waals surface area contributed by atoms with Crippen LogP contribution in [0.1, 0.15) is 40.2 Å². The average molecular weight is 517 g/mol. The summed E-state index contributed by atoms with van der Waals surface area (Å²) in [5, 5.41) is 15.1. The van der Waals surface area contributed by atoms with E-state index >= 15 is 0 Å². The van der Waals surface area contributed by atoms with Gasteiger partial charge in [-0.3, -0.25) is 9.48 Å². The lowest BCUT2D eigenvalue weighted by molar-refractivity contribution is -0.138. The van der Waals surface area contributed by atoms with Gasteiger partial charge in [0.15, 0.2) is 5.82 Å². The molecule has 0 unspecified atom stereocenters. The molecule has 3 heterocycles. The molecule has 0 saturated carbocycles. The van der Waals surface area contributed by atoms with Crippen LogP contribution in [-0.2, 0) is 13.2 Å². The number of anilines is 1. The molecule has 0 aliphatic carbocycles. The van der Waals surface area contributed by atoms with E-state index in [-0.39, 0.29) is 23.9 Å². The number of rotatable bonds is 4. The van der Waals surface area contributed by atoms with Gasteiger partial charge in [0.25, 0.3) is 0 Å². The van der Waals surface area contributed by atoms with Crippen molar-refractivity contribution in [1.82, 2.24) is 20.0 Å². The molecule has 0 radical (unpaired) electrons. The quantitative estimate of drug-likeness (QED) is 0.414. The number of amides is 1. The first-order valence-electron chi connectivity index (χ1n) is 11.2. The lowest BCUT2D eigenvalue weighted by Gasteiger charge is -2.34. The van der Waals surface area contributed by atoms with E-state index in [4.69, 9.17) is 5.73 Å². The Morgan fingerprint density at radius 1 is 1.00 bits per heavy atom. The van der Waals surface area contributed by atoms with Gasteiger partial charge in [0, 0.05) is 37.1 Å². The molecule has 2 aromatic heterocycles. The molecule has 1 aliphatic heterocycles. The van der Waals surface area contributed by atoms with E-state index in [1.807, 2.05) is 37.4 Å². The Bertz CT molecular complexity index is 1410. The van der Waals surface area contributed by atoms with E-state index in [0.29, 0.717) is 31.7 Å². The molecular weight excluding hydrogens is 493 g/mol. The maximum absolute atomic E-state index is 13.9. The second-order valence-corrected chi connectivity index (χ2v) is 8.65. The van der Waals surface area contributed by atoms with E-state index in [1.165, 1.54) is 12.1 Å². The normalized spacial score (nSPS) is 14.6. The molecule has 0 spiro atoms. The Hall–Kier alpha value is -3.66. The Balaban J connectivity index is 0.00000304. The Kier molecular flexibility index (Phi) is 6.90. The van der Waals surface area contributed by atoms with Crippen LogP contribution in [0.25, 0.3) is 22.2 Å². The first kappa shape index (κ1) is 25.4. The number of aromatic nitrogens is 4. The van der Waals surface area contributed by atoms with Crippen LogP contribution in [0.2, 0.25) is 0 Å². The van der Waals surface area contributed by atoms with Crippen LogP contribution in [0.15, 0.2) is 54.7 Å². The number of alkyl halides is 3. The van der Waals surface area contributed by atoms with Crippen LogP contribution < -0.4 is 10.6 Å². The van der Waals surface area contributed by atoms with Gasteiger partial charge in [-0.2, -0.15) is 18.3 Å². The van der Waals surface area contributed by atoms with Gasteiger partial charge >= 0.3 is 6.18 Å². The maximum atomic E-state index is 13.9. The average Bonchev–Trinajstić information content (AvgIpc) is 3.28. The summed E-state index contributed by atoms with van der Waals surface area (Å²) >= 11 is 0. The van der Waals surface area contributed by atoms with E-state index in [1.54, 1.807) is 10.9 Å². The van der Waals surface area contributed by atoms with Crippen molar-refractivity contribution >= 4 is 34.9 Å². The van der Waals surface area contributed by atoms with Crippen molar-refractivity contribution in [3.8, 4) is 11.4 Å². The lowest BCUT2D eigenvalue weighted by Crippen LogP contribution is -2.34. The molecule has 1 fully saturated rings. The third-order valence-electron chi connectivity index (χ3n) is 6.61. The lowest BCUT2D eigenvalue weighted by atomic mass is 9.84. The zero-order chi connectivity index (χ0) is 24.7. The number of fused-ring (bicyclic) bond motifs is 1. The minimum absolute atomic E-state index is 0. The van der Waals surface area contributed by atoms with Gasteiger partial charge in [0.05, 0.1) is 16.8 Å². The topological polar surface area (TPSA) is 89.9 Å². The number of aryl methyl sites for hydroxylation is 1. The van der Waals surface area contributed by atoms with Crippen LogP contribution >= 0.6 is 12.4 Å². The first-order valence-corrected chi connectivity index (χ1v) is 11.2. The highest BCUT2D eigenvalue weighted by Gasteiger charge is 2.39. The van der Waals surface area contributed by atoms with Gasteiger partial charge in [-0.25, -0.2) is 0 Å². The smallest absolute Gasteiger partial charge is 0.366 e. The molecule has 2 N–H and O–H groups in total. The van der Waals surface area contributed by atoms with Crippen LogP contribution in [0.5, 0.6) is 0 Å². The van der Waals surface area contributed by atoms with Gasteiger partial charge in [-0.1, -0.05) is 36.4 Å². The van der Waals surface area contributed by atoms with E-state index in [9.17, 15) is 18.0 Å². The second-order valence-electron chi connectivity index (χ2n) is 8.65. The highest BCUT2D eigenvalue weighted by atomic mass is 35.5. The fourth-order valence-corrected chi connectivity index (χ4v) is 4.95. The highest BCUT2D eigenvalue weighted by Crippen LogP contribution is 2.41. The molecule has 1 amide bonds. The fraction of sp³-hybridized carbons (Fsp3) is 0.280. The molecule has 4 aromatic rings. The fourth-order valence-electron chi connectivity index (χ4n) is 4.95. The Labute approximate surface area is 211 Å². The number of carbonyl (C=O) groups excluding carboxylic acids is 1. The first-order chi connectivity index (χ1) is 16.8. The van der Waals surface area contributed by atoms with E-state index < -0.39 is 23.2 Å². The van der Waals surface area contributed by atoms with E-state index in [2.05, 4.69) is 20.2 Å². The summed E-state index contributed by atoms with van der Waals surface area (Å²) in [6.45, 7) is 1.01. The third-order valence-corrected chi connectivity index (χ3v) is 6.61. The van der Waals surface area contributed by atoms with Crippen LogP contribution in [0.4, 0.5) is 19.0 Å². The summed E-state index contributed by atoms with van der Waals surface area (Å²) in [4.78, 5) is 13.8. The minimum Gasteiger partial charge on any atom is -0.366 e. The molecular formula is C25H24ClF3N6O. The van der Waals surface area contributed by atoms with Crippen LogP contribution in [-0.4, -0.2) is 39.0 Å². The summed E-state index contributed by atoms with van der Waals surface area (Å²) < 4.78 is 43.4.